The maximum atomic E-state index is 14.5. The second kappa shape index (κ2) is 27.7. The number of phenols is 1. The average molecular weight is 882 g/mol. The quantitative estimate of drug-likeness (QED) is 0.0519. The van der Waals surface area contributed by atoms with E-state index in [1.54, 1.807) is 12.1 Å². The summed E-state index contributed by atoms with van der Waals surface area (Å²) in [5, 5.41) is 32.6. The van der Waals surface area contributed by atoms with Gasteiger partial charge in [0.2, 0.25) is 5.91 Å². The van der Waals surface area contributed by atoms with E-state index in [1.807, 2.05) is 74.5 Å². The van der Waals surface area contributed by atoms with Gasteiger partial charge in [-0.25, -0.2) is 0 Å². The number of Topliss-reactive ketones (excluding diaryl/α,β-unsaturated/α-hetero) is 7. The fourth-order valence-corrected chi connectivity index (χ4v) is 7.77. The summed E-state index contributed by atoms with van der Waals surface area (Å²) in [7, 11) is 0. The molecule has 3 aromatic rings. The highest BCUT2D eigenvalue weighted by Crippen LogP contribution is 2.27. The largest absolute Gasteiger partial charge is 0.508 e. The van der Waals surface area contributed by atoms with Crippen LogP contribution in [-0.4, -0.2) is 80.5 Å². The van der Waals surface area contributed by atoms with Gasteiger partial charge in [-0.3, -0.25) is 38.4 Å². The van der Waals surface area contributed by atoms with Crippen molar-refractivity contribution in [2.45, 2.75) is 130 Å². The van der Waals surface area contributed by atoms with Gasteiger partial charge in [0.1, 0.15) is 46.5 Å². The lowest BCUT2D eigenvalue weighted by atomic mass is 9.79. The van der Waals surface area contributed by atoms with Crippen molar-refractivity contribution in [1.29, 1.82) is 0 Å². The highest BCUT2D eigenvalue weighted by molar-refractivity contribution is 5.97. The molecule has 0 spiro atoms. The number of hydrogen-bond donors (Lipinski definition) is 4. The standard InChI is InChI=1S/C52H67NO11/c1-34(2)12-11-17-51(64)53-52(36(4)56)50(63)32-42(27-38-15-9-6-10-16-38)49(62)31-41(26-37-13-7-5-8-14-37)48(61)30-40(28-39-18-20-44(57)21-19-39)47(60)25-24-45(58)22-23-46(59)29-43(33-54)35(3)55/h5-10,13-16,18-21,34,36,40-43,52,54,56-57H,11-12,17,22-33H2,1-4H3,(H,53,64). The molecule has 0 saturated heterocycles. The van der Waals surface area contributed by atoms with Crippen LogP contribution in [-0.2, 0) is 57.6 Å². The molecule has 0 bridgehead atoms. The van der Waals surface area contributed by atoms with Gasteiger partial charge in [0.05, 0.1) is 12.7 Å². The molecule has 0 aliphatic carbocycles. The summed E-state index contributed by atoms with van der Waals surface area (Å²) < 4.78 is 0. The molecule has 3 aromatic carbocycles. The number of hydrogen-bond acceptors (Lipinski definition) is 11. The Bertz CT molecular complexity index is 1990. The number of aliphatic hydroxyl groups is 2. The first-order chi connectivity index (χ1) is 30.4. The zero-order chi connectivity index (χ0) is 47.2. The molecule has 0 fully saturated rings. The van der Waals surface area contributed by atoms with Crippen LogP contribution in [0, 0.1) is 29.6 Å². The van der Waals surface area contributed by atoms with Crippen LogP contribution in [0.4, 0.5) is 0 Å². The minimum Gasteiger partial charge on any atom is -0.508 e. The Kier molecular flexibility index (Phi) is 22.9. The number of aliphatic hydroxyl groups excluding tert-OH is 2. The number of ketones is 7. The van der Waals surface area contributed by atoms with Gasteiger partial charge in [-0.15, -0.1) is 0 Å². The summed E-state index contributed by atoms with van der Waals surface area (Å²) >= 11 is 0. The third-order valence-corrected chi connectivity index (χ3v) is 11.7. The van der Waals surface area contributed by atoms with E-state index in [2.05, 4.69) is 5.32 Å². The van der Waals surface area contributed by atoms with E-state index in [0.717, 1.165) is 17.5 Å². The maximum absolute atomic E-state index is 14.5. The molecular weight excluding hydrogens is 815 g/mol. The van der Waals surface area contributed by atoms with Gasteiger partial charge in [-0.2, -0.15) is 0 Å². The second-order valence-electron chi connectivity index (χ2n) is 17.7. The predicted octanol–water partition coefficient (Wildman–Crippen LogP) is 6.69. The first-order valence-electron chi connectivity index (χ1n) is 22.5. The molecule has 0 saturated carbocycles. The SMILES string of the molecule is CC(=O)C(CO)CC(=O)CCC(=O)CCC(=O)C(CC(=O)C(CC(=O)C(CC(=O)C(NC(=O)CCCC(C)C)C(C)O)Cc1ccccc1)Cc1ccccc1)Cc1ccc(O)cc1. The molecule has 0 radical (unpaired) electrons. The van der Waals surface area contributed by atoms with Crippen LogP contribution in [0.3, 0.4) is 0 Å². The number of carbonyl (C=O) groups is 8. The predicted molar refractivity (Wildman–Crippen MR) is 243 cm³/mol. The van der Waals surface area contributed by atoms with Gasteiger partial charge in [0.15, 0.2) is 5.78 Å². The molecule has 0 aromatic heterocycles. The second-order valence-corrected chi connectivity index (χ2v) is 17.7. The summed E-state index contributed by atoms with van der Waals surface area (Å²) in [6.45, 7) is 6.33. The van der Waals surface area contributed by atoms with E-state index in [9.17, 15) is 53.7 Å². The molecule has 0 aliphatic rings. The number of amides is 1. The Morgan fingerprint density at radius 3 is 1.45 bits per heavy atom. The minimum atomic E-state index is -1.23. The van der Waals surface area contributed by atoms with Crippen molar-refractivity contribution in [2.24, 2.45) is 29.6 Å². The topological polar surface area (TPSA) is 209 Å². The average Bonchev–Trinajstić information content (AvgIpc) is 3.26. The van der Waals surface area contributed by atoms with Gasteiger partial charge >= 0.3 is 0 Å². The first kappa shape index (κ1) is 52.9. The van der Waals surface area contributed by atoms with Gasteiger partial charge in [-0.05, 0) is 74.3 Å². The van der Waals surface area contributed by atoms with Gasteiger partial charge in [-0.1, -0.05) is 93.1 Å². The van der Waals surface area contributed by atoms with Crippen LogP contribution in [0.1, 0.15) is 115 Å². The Morgan fingerprint density at radius 2 is 0.984 bits per heavy atom. The van der Waals surface area contributed by atoms with Crippen LogP contribution >= 0.6 is 0 Å². The number of nitrogens with one attached hydrogen (secondary N) is 1. The lowest BCUT2D eigenvalue weighted by molar-refractivity contribution is -0.135. The van der Waals surface area contributed by atoms with Crippen molar-refractivity contribution >= 4 is 46.4 Å². The number of rotatable bonds is 32. The van der Waals surface area contributed by atoms with Crippen LogP contribution in [0.25, 0.3) is 0 Å². The fourth-order valence-electron chi connectivity index (χ4n) is 7.77. The molecule has 12 nitrogen and oxygen atoms in total. The van der Waals surface area contributed by atoms with E-state index in [0.29, 0.717) is 17.9 Å². The van der Waals surface area contributed by atoms with Crippen LogP contribution in [0.15, 0.2) is 84.9 Å². The highest BCUT2D eigenvalue weighted by atomic mass is 16.3. The van der Waals surface area contributed by atoms with E-state index in [4.69, 9.17) is 0 Å². The smallest absolute Gasteiger partial charge is 0.220 e. The molecule has 3 rings (SSSR count). The highest BCUT2D eigenvalue weighted by Gasteiger charge is 2.34. The van der Waals surface area contributed by atoms with Crippen molar-refractivity contribution in [3.8, 4) is 5.75 Å². The van der Waals surface area contributed by atoms with Crippen LogP contribution < -0.4 is 5.32 Å². The molecule has 0 aliphatic heterocycles. The van der Waals surface area contributed by atoms with Crippen molar-refractivity contribution in [1.82, 2.24) is 5.32 Å². The summed E-state index contributed by atoms with van der Waals surface area (Å²) in [6, 6.07) is 23.3. The molecule has 1 amide bonds. The van der Waals surface area contributed by atoms with Crippen molar-refractivity contribution < 1.29 is 53.7 Å². The number of carbonyl (C=O) groups excluding carboxylic acids is 8. The van der Waals surface area contributed by atoms with E-state index in [1.165, 1.54) is 26.0 Å². The Balaban J connectivity index is 1.86. The first-order valence-corrected chi connectivity index (χ1v) is 22.5. The van der Waals surface area contributed by atoms with E-state index < -0.39 is 48.2 Å². The van der Waals surface area contributed by atoms with Crippen molar-refractivity contribution in [3.05, 3.63) is 102 Å². The zero-order valence-corrected chi connectivity index (χ0v) is 37.8. The number of phenolic OH excluding ortho intramolecular Hbond substituents is 1. The summed E-state index contributed by atoms with van der Waals surface area (Å²) in [6.07, 6.45) is -0.725. The molecule has 0 heterocycles. The molecule has 12 heteroatoms. The summed E-state index contributed by atoms with van der Waals surface area (Å²) in [5.41, 5.74) is 2.24. The van der Waals surface area contributed by atoms with E-state index >= 15 is 0 Å². The molecular formula is C52H67NO11. The maximum Gasteiger partial charge on any atom is 0.220 e. The van der Waals surface area contributed by atoms with E-state index in [-0.39, 0.29) is 123 Å². The molecule has 6 unspecified atom stereocenters. The van der Waals surface area contributed by atoms with Gasteiger partial charge in [0.25, 0.3) is 0 Å². The monoisotopic (exact) mass is 881 g/mol. The van der Waals surface area contributed by atoms with Crippen molar-refractivity contribution in [3.63, 3.8) is 0 Å². The lowest BCUT2D eigenvalue weighted by Crippen LogP contribution is -2.48. The summed E-state index contributed by atoms with van der Waals surface area (Å²) in [4.78, 5) is 107. The number of aromatic hydroxyl groups is 1. The molecule has 346 valence electrons. The Hall–Kier alpha value is -5.46. The zero-order valence-electron chi connectivity index (χ0n) is 37.8. The van der Waals surface area contributed by atoms with Crippen LogP contribution in [0.5, 0.6) is 5.75 Å². The lowest BCUT2D eigenvalue weighted by Gasteiger charge is -2.25. The Morgan fingerprint density at radius 1 is 0.531 bits per heavy atom. The third-order valence-electron chi connectivity index (χ3n) is 11.7. The Labute approximate surface area is 377 Å². The fraction of sp³-hybridized carbons (Fsp3) is 0.500. The van der Waals surface area contributed by atoms with Crippen LogP contribution in [0.2, 0.25) is 0 Å². The molecule has 6 atom stereocenters. The molecule has 64 heavy (non-hydrogen) atoms. The van der Waals surface area contributed by atoms with Crippen molar-refractivity contribution in [2.75, 3.05) is 6.61 Å². The summed E-state index contributed by atoms with van der Waals surface area (Å²) in [5.74, 6) is -6.03. The van der Waals surface area contributed by atoms with Gasteiger partial charge < -0.3 is 20.6 Å². The number of benzene rings is 3. The minimum absolute atomic E-state index is 0.0187. The molecule has 4 N–H and O–H groups in total. The van der Waals surface area contributed by atoms with Gasteiger partial charge in [0, 0.05) is 81.5 Å². The third kappa shape index (κ3) is 19.5. The normalized spacial score (nSPS) is 14.1.